The molecule has 1 saturated heterocycles. The minimum atomic E-state index is -4.58. The number of nitrogens with zero attached hydrogens (tertiary/aromatic N) is 2. The largest absolute Gasteiger partial charge is 0.393 e. The van der Waals surface area contributed by atoms with Crippen LogP contribution in [0.5, 0.6) is 0 Å². The zero-order valence-corrected chi connectivity index (χ0v) is 23.4. The molecule has 3 aromatic rings. The van der Waals surface area contributed by atoms with Crippen molar-refractivity contribution < 1.29 is 33.8 Å². The van der Waals surface area contributed by atoms with E-state index in [0.29, 0.717) is 4.88 Å². The molecule has 0 aliphatic carbocycles. The second-order valence-corrected chi connectivity index (χ2v) is 11.9. The van der Waals surface area contributed by atoms with Gasteiger partial charge in [0, 0.05) is 28.5 Å². The fourth-order valence-corrected chi connectivity index (χ4v) is 6.64. The molecule has 40 heavy (non-hydrogen) atoms. The van der Waals surface area contributed by atoms with E-state index in [1.165, 1.54) is 18.3 Å². The number of rotatable bonds is 10. The Kier molecular flexibility index (Phi) is 9.54. The van der Waals surface area contributed by atoms with Gasteiger partial charge in [0.25, 0.3) is 10.0 Å². The van der Waals surface area contributed by atoms with Gasteiger partial charge < -0.3 is 26.0 Å². The Bertz CT molecular complexity index is 1540. The Morgan fingerprint density at radius 2 is 1.82 bits per heavy atom. The third-order valence-corrected chi connectivity index (χ3v) is 9.25. The Hall–Kier alpha value is -2.94. The maximum Gasteiger partial charge on any atom is 0.252 e. The first-order valence-corrected chi connectivity index (χ1v) is 14.7. The lowest BCUT2D eigenvalue weighted by Crippen LogP contribution is -2.65. The number of hydroxylamine groups is 2. The number of fused-ring (bicyclic) bond motifs is 1. The summed E-state index contributed by atoms with van der Waals surface area (Å²) in [6, 6.07) is 17.4. The Morgan fingerprint density at radius 3 is 2.52 bits per heavy atom. The predicted molar refractivity (Wildman–Crippen MR) is 151 cm³/mol. The number of nitriles is 1. The number of aliphatic hydroxyl groups excluding tert-OH is 3. The molecule has 0 saturated carbocycles. The average molecular weight is 590 g/mol. The summed E-state index contributed by atoms with van der Waals surface area (Å²) in [5.74, 6) is 0. The van der Waals surface area contributed by atoms with Gasteiger partial charge in [-0.05, 0) is 71.4 Å². The van der Waals surface area contributed by atoms with E-state index >= 15 is 0 Å². The van der Waals surface area contributed by atoms with E-state index in [9.17, 15) is 34.2 Å². The molecule has 0 bridgehead atoms. The summed E-state index contributed by atoms with van der Waals surface area (Å²) >= 11 is 1.31. The minimum Gasteiger partial charge on any atom is -0.393 e. The van der Waals surface area contributed by atoms with Crippen LogP contribution < -0.4 is 15.4 Å². The molecule has 214 valence electrons. The quantitative estimate of drug-likeness (QED) is 0.134. The van der Waals surface area contributed by atoms with Crippen LogP contribution in [0.1, 0.15) is 11.8 Å². The Labute approximate surface area is 235 Å². The number of anilines is 1. The van der Waals surface area contributed by atoms with Gasteiger partial charge in [-0.1, -0.05) is 18.2 Å². The van der Waals surface area contributed by atoms with E-state index in [1.807, 2.05) is 48.2 Å². The standard InChI is InChI=1S/C26H31N5O7S2/c1-15(23(13-27)40(36,37)30-26-25(34)24(33)20(14-32)38-31(26)35)21-7-8-22(39-21)18-4-3-17-12-19(29-10-9-28-2)6-5-16(17)11-18/h3-8,11-12,20,24-26,28-30,32-35H,9-10,14H2,1-2H3/b23-15+/t20-,24-,25+,26+/m1/s1. The molecule has 4 rings (SSSR count). The lowest BCUT2D eigenvalue weighted by Gasteiger charge is -2.40. The SMILES string of the molecule is CNCCNc1ccc2cc(-c3ccc(/C(C)=C(\C#N)S(=O)(=O)N[C@@H]4[C@@H](O)[C@H](O)[C@@H](CO)ON4O)s3)ccc2c1. The summed E-state index contributed by atoms with van der Waals surface area (Å²) in [7, 11) is -2.68. The van der Waals surface area contributed by atoms with Gasteiger partial charge >= 0.3 is 0 Å². The highest BCUT2D eigenvalue weighted by Crippen LogP contribution is 2.35. The molecule has 0 radical (unpaired) electrons. The normalized spacial score (nSPS) is 22.6. The van der Waals surface area contributed by atoms with Gasteiger partial charge in [0.2, 0.25) is 0 Å². The number of sulfonamides is 1. The maximum absolute atomic E-state index is 13.1. The van der Waals surface area contributed by atoms with E-state index in [0.717, 1.165) is 40.0 Å². The van der Waals surface area contributed by atoms with E-state index in [4.69, 9.17) is 4.84 Å². The topological polar surface area (TPSA) is 187 Å². The second-order valence-electron chi connectivity index (χ2n) is 9.21. The number of likely N-dealkylation sites (N-methyl/N-ethyl adjacent to an activating group) is 1. The lowest BCUT2D eigenvalue weighted by atomic mass is 10.1. The summed E-state index contributed by atoms with van der Waals surface area (Å²) in [6.45, 7) is 2.41. The summed E-state index contributed by atoms with van der Waals surface area (Å²) < 4.78 is 28.2. The first-order valence-electron chi connectivity index (χ1n) is 12.4. The third kappa shape index (κ3) is 6.35. The van der Waals surface area contributed by atoms with Crippen LogP contribution in [0.25, 0.3) is 26.8 Å². The number of nitrogens with one attached hydrogen (secondary N) is 3. The van der Waals surface area contributed by atoms with Crippen molar-refractivity contribution in [2.24, 2.45) is 0 Å². The molecule has 14 heteroatoms. The number of hydrogen-bond acceptors (Lipinski definition) is 12. The van der Waals surface area contributed by atoms with Crippen molar-refractivity contribution in [1.29, 1.82) is 5.26 Å². The van der Waals surface area contributed by atoms with Crippen molar-refractivity contribution >= 4 is 43.4 Å². The molecule has 2 aromatic carbocycles. The molecular formula is C26H31N5O7S2. The van der Waals surface area contributed by atoms with E-state index in [-0.39, 0.29) is 10.8 Å². The number of aliphatic hydroxyl groups is 3. The van der Waals surface area contributed by atoms with Crippen LogP contribution in [0, 0.1) is 11.3 Å². The molecule has 2 heterocycles. The van der Waals surface area contributed by atoms with Crippen LogP contribution in [-0.4, -0.2) is 85.4 Å². The van der Waals surface area contributed by atoms with Crippen LogP contribution in [0.4, 0.5) is 5.69 Å². The molecule has 1 aliphatic rings. The zero-order valence-electron chi connectivity index (χ0n) is 21.8. The van der Waals surface area contributed by atoms with Crippen molar-refractivity contribution in [2.45, 2.75) is 31.4 Å². The minimum absolute atomic E-state index is 0.00451. The van der Waals surface area contributed by atoms with Crippen LogP contribution in [0.2, 0.25) is 0 Å². The van der Waals surface area contributed by atoms with Gasteiger partial charge in [-0.2, -0.15) is 9.98 Å². The lowest BCUT2D eigenvalue weighted by molar-refractivity contribution is -0.431. The van der Waals surface area contributed by atoms with Gasteiger partial charge in [-0.25, -0.2) is 8.42 Å². The van der Waals surface area contributed by atoms with Gasteiger partial charge in [-0.3, -0.25) is 10.0 Å². The van der Waals surface area contributed by atoms with Gasteiger partial charge in [-0.15, -0.1) is 11.3 Å². The molecule has 7 N–H and O–H groups in total. The first-order chi connectivity index (χ1) is 19.1. The summed E-state index contributed by atoms with van der Waals surface area (Å²) in [5.41, 5.74) is 2.11. The summed E-state index contributed by atoms with van der Waals surface area (Å²) in [4.78, 5) is 5.61. The molecule has 1 fully saturated rings. The number of allylic oxidation sites excluding steroid dienone is 2. The summed E-state index contributed by atoms with van der Waals surface area (Å²) in [5, 5.41) is 57.8. The highest BCUT2D eigenvalue weighted by molar-refractivity contribution is 7.93. The van der Waals surface area contributed by atoms with E-state index in [1.54, 1.807) is 12.1 Å². The van der Waals surface area contributed by atoms with Crippen molar-refractivity contribution in [3.05, 3.63) is 58.3 Å². The molecule has 1 aliphatic heterocycles. The number of hydrogen-bond donors (Lipinski definition) is 7. The molecule has 0 amide bonds. The Balaban J connectivity index is 1.57. The molecule has 0 spiro atoms. The molecule has 1 aromatic heterocycles. The van der Waals surface area contributed by atoms with E-state index in [2.05, 4.69) is 16.7 Å². The zero-order chi connectivity index (χ0) is 29.0. The average Bonchev–Trinajstić information content (AvgIpc) is 3.43. The van der Waals surface area contributed by atoms with E-state index < -0.39 is 46.0 Å². The number of benzene rings is 2. The highest BCUT2D eigenvalue weighted by atomic mass is 32.2. The fourth-order valence-electron chi connectivity index (χ4n) is 4.27. The van der Waals surface area contributed by atoms with Crippen LogP contribution in [0.15, 0.2) is 53.4 Å². The van der Waals surface area contributed by atoms with Gasteiger partial charge in [0.15, 0.2) is 11.1 Å². The van der Waals surface area contributed by atoms with Crippen molar-refractivity contribution in [2.75, 3.05) is 32.1 Å². The van der Waals surface area contributed by atoms with Crippen LogP contribution in [-0.2, 0) is 14.9 Å². The van der Waals surface area contributed by atoms with Crippen molar-refractivity contribution in [1.82, 2.24) is 15.3 Å². The molecule has 12 nitrogen and oxygen atoms in total. The third-order valence-electron chi connectivity index (χ3n) is 6.51. The Morgan fingerprint density at radius 1 is 1.10 bits per heavy atom. The van der Waals surface area contributed by atoms with Crippen molar-refractivity contribution in [3.63, 3.8) is 0 Å². The monoisotopic (exact) mass is 589 g/mol. The van der Waals surface area contributed by atoms with Gasteiger partial charge in [0.05, 0.1) is 6.61 Å². The highest BCUT2D eigenvalue weighted by Gasteiger charge is 2.45. The van der Waals surface area contributed by atoms with Crippen molar-refractivity contribution in [3.8, 4) is 16.5 Å². The van der Waals surface area contributed by atoms with Gasteiger partial charge in [0.1, 0.15) is 24.4 Å². The molecule has 0 unspecified atom stereocenters. The van der Waals surface area contributed by atoms with Crippen LogP contribution >= 0.6 is 11.3 Å². The smallest absolute Gasteiger partial charge is 0.252 e. The summed E-state index contributed by atoms with van der Waals surface area (Å²) in [6.07, 6.45) is -6.74. The second kappa shape index (κ2) is 12.7. The number of thiophene rings is 1. The fraction of sp³-hybridized carbons (Fsp3) is 0.346. The van der Waals surface area contributed by atoms with Crippen LogP contribution in [0.3, 0.4) is 0 Å². The first kappa shape index (κ1) is 30.0. The predicted octanol–water partition coefficient (Wildman–Crippen LogP) is 1.42. The molecular weight excluding hydrogens is 558 g/mol. The maximum atomic E-state index is 13.1. The molecule has 4 atom stereocenters.